The Kier molecular flexibility index (Phi) is 2.80. The molecule has 3 rings (SSSR count). The van der Waals surface area contributed by atoms with Crippen LogP contribution in [-0.4, -0.2) is 7.11 Å². The summed E-state index contributed by atoms with van der Waals surface area (Å²) in [4.78, 5) is 0. The van der Waals surface area contributed by atoms with Gasteiger partial charge in [0.05, 0.1) is 12.1 Å². The van der Waals surface area contributed by atoms with Crippen molar-refractivity contribution >= 4 is 11.6 Å². The van der Waals surface area contributed by atoms with Crippen LogP contribution in [0.1, 0.15) is 30.9 Å². The van der Waals surface area contributed by atoms with Crippen molar-refractivity contribution in [2.75, 3.05) is 7.11 Å². The van der Waals surface area contributed by atoms with E-state index in [9.17, 15) is 0 Å². The molecule has 2 N–H and O–H groups in total. The number of ether oxygens (including phenoxy) is 1. The number of benzene rings is 1. The van der Waals surface area contributed by atoms with Crippen molar-refractivity contribution in [1.29, 1.82) is 0 Å². The monoisotopic (exact) mass is 251 g/mol. The predicted molar refractivity (Wildman–Crippen MR) is 69.3 cm³/mol. The molecule has 0 aliphatic heterocycles. The van der Waals surface area contributed by atoms with Crippen LogP contribution in [0.2, 0.25) is 5.02 Å². The summed E-state index contributed by atoms with van der Waals surface area (Å²) in [6.07, 6.45) is 4.13. The minimum Gasteiger partial charge on any atom is -0.495 e. The van der Waals surface area contributed by atoms with E-state index in [4.69, 9.17) is 22.1 Å². The minimum atomic E-state index is 0.147. The molecule has 2 aliphatic rings. The van der Waals surface area contributed by atoms with Crippen molar-refractivity contribution in [3.63, 3.8) is 0 Å². The second-order valence-electron chi connectivity index (χ2n) is 5.26. The van der Waals surface area contributed by atoms with Gasteiger partial charge in [0.2, 0.25) is 0 Å². The highest BCUT2D eigenvalue weighted by Gasteiger charge is 2.55. The van der Waals surface area contributed by atoms with Gasteiger partial charge in [0, 0.05) is 6.04 Å². The normalized spacial score (nSPS) is 32.1. The second-order valence-corrected chi connectivity index (χ2v) is 5.66. The highest BCUT2D eigenvalue weighted by Crippen LogP contribution is 2.61. The van der Waals surface area contributed by atoms with E-state index >= 15 is 0 Å². The standard InChI is InChI=1S/C14H18ClNO/c1-17-12-6-5-8(7-11(12)15)14(16)13-9-3-2-4-10(9)13/h5-7,9-10,13-14H,2-4,16H2,1H3. The number of methoxy groups -OCH3 is 1. The summed E-state index contributed by atoms with van der Waals surface area (Å²) in [6.45, 7) is 0. The highest BCUT2D eigenvalue weighted by atomic mass is 35.5. The van der Waals surface area contributed by atoms with Crippen molar-refractivity contribution in [2.24, 2.45) is 23.5 Å². The molecular formula is C14H18ClNO. The molecule has 0 bridgehead atoms. The molecule has 3 heteroatoms. The molecule has 0 spiro atoms. The third kappa shape index (κ3) is 1.84. The first-order valence-corrected chi connectivity index (χ1v) is 6.69. The van der Waals surface area contributed by atoms with Crippen LogP contribution < -0.4 is 10.5 Å². The van der Waals surface area contributed by atoms with Crippen molar-refractivity contribution in [3.05, 3.63) is 28.8 Å². The molecule has 3 atom stereocenters. The quantitative estimate of drug-likeness (QED) is 0.894. The average molecular weight is 252 g/mol. The van der Waals surface area contributed by atoms with E-state index in [1.165, 1.54) is 19.3 Å². The lowest BCUT2D eigenvalue weighted by molar-refractivity contribution is 0.414. The molecule has 2 saturated carbocycles. The zero-order valence-corrected chi connectivity index (χ0v) is 10.8. The summed E-state index contributed by atoms with van der Waals surface area (Å²) in [7, 11) is 1.63. The van der Waals surface area contributed by atoms with Gasteiger partial charge in [0.25, 0.3) is 0 Å². The average Bonchev–Trinajstić information content (AvgIpc) is 2.81. The van der Waals surface area contributed by atoms with Gasteiger partial charge >= 0.3 is 0 Å². The third-order valence-corrected chi connectivity index (χ3v) is 4.74. The molecule has 92 valence electrons. The van der Waals surface area contributed by atoms with E-state index in [1.54, 1.807) is 7.11 Å². The molecule has 17 heavy (non-hydrogen) atoms. The maximum atomic E-state index is 6.35. The van der Waals surface area contributed by atoms with Gasteiger partial charge in [-0.2, -0.15) is 0 Å². The molecule has 2 aliphatic carbocycles. The lowest BCUT2D eigenvalue weighted by Gasteiger charge is -2.15. The second kappa shape index (κ2) is 4.18. The Hall–Kier alpha value is -0.730. The van der Waals surface area contributed by atoms with Crippen molar-refractivity contribution in [3.8, 4) is 5.75 Å². The molecular weight excluding hydrogens is 234 g/mol. The molecule has 0 radical (unpaired) electrons. The predicted octanol–water partition coefficient (Wildman–Crippen LogP) is 3.39. The fourth-order valence-electron chi connectivity index (χ4n) is 3.52. The number of hydrogen-bond acceptors (Lipinski definition) is 2. The lowest BCUT2D eigenvalue weighted by Crippen LogP contribution is -2.15. The molecule has 2 nitrogen and oxygen atoms in total. The van der Waals surface area contributed by atoms with Gasteiger partial charge in [-0.1, -0.05) is 24.1 Å². The van der Waals surface area contributed by atoms with Crippen molar-refractivity contribution in [2.45, 2.75) is 25.3 Å². The van der Waals surface area contributed by atoms with Crippen LogP contribution in [0.3, 0.4) is 0 Å². The molecule has 3 unspecified atom stereocenters. The molecule has 1 aromatic rings. The smallest absolute Gasteiger partial charge is 0.137 e. The highest BCUT2D eigenvalue weighted by molar-refractivity contribution is 6.32. The number of halogens is 1. The summed E-state index contributed by atoms with van der Waals surface area (Å²) in [6, 6.07) is 6.06. The van der Waals surface area contributed by atoms with Gasteiger partial charge in [-0.15, -0.1) is 0 Å². The van der Waals surface area contributed by atoms with Gasteiger partial charge < -0.3 is 10.5 Å². The Morgan fingerprint density at radius 3 is 2.65 bits per heavy atom. The number of hydrogen-bond donors (Lipinski definition) is 1. The Morgan fingerprint density at radius 2 is 2.06 bits per heavy atom. The van der Waals surface area contributed by atoms with Crippen LogP contribution in [0.25, 0.3) is 0 Å². The minimum absolute atomic E-state index is 0.147. The van der Waals surface area contributed by atoms with E-state index in [0.717, 1.165) is 23.1 Å². The zero-order valence-electron chi connectivity index (χ0n) is 10.0. The van der Waals surface area contributed by atoms with Gasteiger partial charge in [0.15, 0.2) is 0 Å². The lowest BCUT2D eigenvalue weighted by atomic mass is 9.98. The number of rotatable bonds is 3. The Labute approximate surface area is 107 Å². The van der Waals surface area contributed by atoms with Crippen molar-refractivity contribution < 1.29 is 4.74 Å². The van der Waals surface area contributed by atoms with Crippen LogP contribution >= 0.6 is 11.6 Å². The fourth-order valence-corrected chi connectivity index (χ4v) is 3.79. The van der Waals surface area contributed by atoms with Crippen molar-refractivity contribution in [1.82, 2.24) is 0 Å². The fraction of sp³-hybridized carbons (Fsp3) is 0.571. The van der Waals surface area contributed by atoms with Gasteiger partial charge in [0.1, 0.15) is 5.75 Å². The zero-order chi connectivity index (χ0) is 12.0. The van der Waals surface area contributed by atoms with Crippen LogP contribution in [0.5, 0.6) is 5.75 Å². The molecule has 2 fully saturated rings. The maximum Gasteiger partial charge on any atom is 0.137 e. The summed E-state index contributed by atoms with van der Waals surface area (Å²) in [5, 5.41) is 0.659. The molecule has 0 saturated heterocycles. The third-order valence-electron chi connectivity index (χ3n) is 4.45. The SMILES string of the molecule is COc1ccc(C(N)C2C3CCCC32)cc1Cl. The Morgan fingerprint density at radius 1 is 1.35 bits per heavy atom. The van der Waals surface area contributed by atoms with Gasteiger partial charge in [-0.05, 0) is 48.3 Å². The maximum absolute atomic E-state index is 6.35. The van der Waals surface area contributed by atoms with Crippen LogP contribution in [-0.2, 0) is 0 Å². The van der Waals surface area contributed by atoms with Crippen LogP contribution in [0.15, 0.2) is 18.2 Å². The van der Waals surface area contributed by atoms with E-state index in [1.807, 2.05) is 18.2 Å². The number of fused-ring (bicyclic) bond motifs is 1. The topological polar surface area (TPSA) is 35.2 Å². The van der Waals surface area contributed by atoms with E-state index in [-0.39, 0.29) is 6.04 Å². The summed E-state index contributed by atoms with van der Waals surface area (Å²) in [5.41, 5.74) is 7.50. The van der Waals surface area contributed by atoms with Gasteiger partial charge in [-0.3, -0.25) is 0 Å². The van der Waals surface area contributed by atoms with E-state index in [0.29, 0.717) is 10.9 Å². The van der Waals surface area contributed by atoms with Crippen LogP contribution in [0, 0.1) is 17.8 Å². The van der Waals surface area contributed by atoms with E-state index < -0.39 is 0 Å². The molecule has 1 aromatic carbocycles. The first-order valence-electron chi connectivity index (χ1n) is 6.31. The first-order chi connectivity index (χ1) is 8.22. The Balaban J connectivity index is 1.78. The summed E-state index contributed by atoms with van der Waals surface area (Å²) in [5.74, 6) is 3.17. The number of nitrogens with two attached hydrogens (primary N) is 1. The first kappa shape index (κ1) is 11.4. The van der Waals surface area contributed by atoms with E-state index in [2.05, 4.69) is 0 Å². The summed E-state index contributed by atoms with van der Waals surface area (Å²) >= 11 is 6.14. The molecule has 0 heterocycles. The summed E-state index contributed by atoms with van der Waals surface area (Å²) < 4.78 is 5.16. The Bertz CT molecular complexity index is 424. The van der Waals surface area contributed by atoms with Gasteiger partial charge in [-0.25, -0.2) is 0 Å². The molecule has 0 amide bonds. The van der Waals surface area contributed by atoms with Crippen LogP contribution in [0.4, 0.5) is 0 Å². The molecule has 0 aromatic heterocycles. The largest absolute Gasteiger partial charge is 0.495 e.